The Morgan fingerprint density at radius 3 is 2.47 bits per heavy atom. The van der Waals surface area contributed by atoms with Crippen molar-refractivity contribution in [2.75, 3.05) is 26.7 Å². The van der Waals surface area contributed by atoms with Crippen LogP contribution >= 0.6 is 0 Å². The van der Waals surface area contributed by atoms with Crippen molar-refractivity contribution in [1.82, 2.24) is 9.80 Å². The summed E-state index contributed by atoms with van der Waals surface area (Å²) in [5, 5.41) is 0. The second-order valence-electron chi connectivity index (χ2n) is 4.71. The first-order chi connectivity index (χ1) is 8.04. The second kappa shape index (κ2) is 6.59. The fraction of sp³-hybridized carbons (Fsp3) is 0.833. The van der Waals surface area contributed by atoms with Crippen molar-refractivity contribution in [1.29, 1.82) is 0 Å². The molecular formula is C12H23N3O2. The molecule has 1 aliphatic rings. The molecule has 0 aromatic heterocycles. The lowest BCUT2D eigenvalue weighted by atomic mass is 10.1. The summed E-state index contributed by atoms with van der Waals surface area (Å²) in [4.78, 5) is 26.9. The van der Waals surface area contributed by atoms with Crippen LogP contribution in [0.15, 0.2) is 0 Å². The molecule has 2 amide bonds. The number of likely N-dealkylation sites (tertiary alicyclic amines) is 1. The molecule has 1 fully saturated rings. The fourth-order valence-corrected chi connectivity index (χ4v) is 1.88. The lowest BCUT2D eigenvalue weighted by Gasteiger charge is -2.22. The minimum atomic E-state index is -0.105. The molecule has 1 heterocycles. The molecule has 2 N–H and O–H groups in total. The van der Waals surface area contributed by atoms with Crippen molar-refractivity contribution in [3.8, 4) is 0 Å². The van der Waals surface area contributed by atoms with Crippen LogP contribution in [0.2, 0.25) is 0 Å². The molecular weight excluding hydrogens is 218 g/mol. The van der Waals surface area contributed by atoms with E-state index in [0.717, 1.165) is 32.4 Å². The van der Waals surface area contributed by atoms with E-state index < -0.39 is 0 Å². The zero-order valence-electron chi connectivity index (χ0n) is 10.8. The first kappa shape index (κ1) is 14.0. The number of nitrogens with two attached hydrogens (primary N) is 1. The van der Waals surface area contributed by atoms with Crippen molar-refractivity contribution in [3.05, 3.63) is 0 Å². The Morgan fingerprint density at radius 2 is 1.94 bits per heavy atom. The molecule has 1 atom stereocenters. The predicted molar refractivity (Wildman–Crippen MR) is 66.3 cm³/mol. The van der Waals surface area contributed by atoms with Crippen LogP contribution in [0, 0.1) is 0 Å². The summed E-state index contributed by atoms with van der Waals surface area (Å²) in [5.74, 6) is -0.00434. The molecule has 1 saturated heterocycles. The molecule has 0 bridgehead atoms. The van der Waals surface area contributed by atoms with Crippen molar-refractivity contribution in [2.24, 2.45) is 5.73 Å². The van der Waals surface area contributed by atoms with Crippen molar-refractivity contribution >= 4 is 11.8 Å². The third-order valence-electron chi connectivity index (χ3n) is 3.22. The van der Waals surface area contributed by atoms with E-state index in [4.69, 9.17) is 5.73 Å². The van der Waals surface area contributed by atoms with Gasteiger partial charge in [-0.25, -0.2) is 0 Å². The summed E-state index contributed by atoms with van der Waals surface area (Å²) in [6.45, 7) is 3.78. The number of likely N-dealkylation sites (N-methyl/N-ethyl adjacent to an activating group) is 1. The summed E-state index contributed by atoms with van der Waals surface area (Å²) in [6, 6.07) is -0.105. The lowest BCUT2D eigenvalue weighted by molar-refractivity contribution is -0.139. The molecule has 0 saturated carbocycles. The average Bonchev–Trinajstić information content (AvgIpc) is 2.82. The first-order valence-corrected chi connectivity index (χ1v) is 6.32. The van der Waals surface area contributed by atoms with Crippen LogP contribution in [-0.4, -0.2) is 54.3 Å². The molecule has 1 rings (SSSR count). The smallest absolute Gasteiger partial charge is 0.242 e. The Morgan fingerprint density at radius 1 is 1.35 bits per heavy atom. The Labute approximate surface area is 103 Å². The third kappa shape index (κ3) is 4.34. The van der Waals surface area contributed by atoms with E-state index in [-0.39, 0.29) is 24.4 Å². The van der Waals surface area contributed by atoms with Gasteiger partial charge in [0, 0.05) is 32.6 Å². The number of carbonyl (C=O) groups excluding carboxylic acids is 2. The molecule has 1 unspecified atom stereocenters. The van der Waals surface area contributed by atoms with Gasteiger partial charge in [0.05, 0.1) is 6.54 Å². The number of amides is 2. The fourth-order valence-electron chi connectivity index (χ4n) is 1.88. The zero-order valence-corrected chi connectivity index (χ0v) is 10.8. The van der Waals surface area contributed by atoms with Crippen LogP contribution < -0.4 is 5.73 Å². The maximum Gasteiger partial charge on any atom is 0.242 e. The van der Waals surface area contributed by atoms with Gasteiger partial charge in [0.15, 0.2) is 0 Å². The van der Waals surface area contributed by atoms with Gasteiger partial charge in [-0.3, -0.25) is 9.59 Å². The summed E-state index contributed by atoms with van der Waals surface area (Å²) in [7, 11) is 1.67. The number of hydrogen-bond donors (Lipinski definition) is 1. The number of hydrogen-bond acceptors (Lipinski definition) is 3. The molecule has 98 valence electrons. The maximum absolute atomic E-state index is 11.8. The van der Waals surface area contributed by atoms with Gasteiger partial charge >= 0.3 is 0 Å². The van der Waals surface area contributed by atoms with Gasteiger partial charge in [-0.2, -0.15) is 0 Å². The Kier molecular flexibility index (Phi) is 5.41. The van der Waals surface area contributed by atoms with Gasteiger partial charge < -0.3 is 15.5 Å². The monoisotopic (exact) mass is 241 g/mol. The molecule has 0 aromatic carbocycles. The summed E-state index contributed by atoms with van der Waals surface area (Å²) in [5.41, 5.74) is 5.72. The highest BCUT2D eigenvalue weighted by atomic mass is 16.2. The molecule has 5 nitrogen and oxygen atoms in total. The number of carbonyl (C=O) groups is 2. The lowest BCUT2D eigenvalue weighted by Crippen LogP contribution is -2.41. The number of rotatable bonds is 5. The van der Waals surface area contributed by atoms with E-state index in [2.05, 4.69) is 0 Å². The maximum atomic E-state index is 11.8. The quantitative estimate of drug-likeness (QED) is 0.747. The Balaban J connectivity index is 2.34. The normalized spacial score (nSPS) is 17.0. The van der Waals surface area contributed by atoms with Crippen LogP contribution in [0.3, 0.4) is 0 Å². The largest absolute Gasteiger partial charge is 0.341 e. The van der Waals surface area contributed by atoms with Gasteiger partial charge in [-0.1, -0.05) is 6.92 Å². The average molecular weight is 241 g/mol. The van der Waals surface area contributed by atoms with Crippen LogP contribution in [-0.2, 0) is 9.59 Å². The topological polar surface area (TPSA) is 66.6 Å². The van der Waals surface area contributed by atoms with Gasteiger partial charge in [0.1, 0.15) is 0 Å². The molecule has 17 heavy (non-hydrogen) atoms. The number of nitrogens with zero attached hydrogens (tertiary/aromatic N) is 2. The summed E-state index contributed by atoms with van der Waals surface area (Å²) in [6.07, 6.45) is 3.24. The van der Waals surface area contributed by atoms with E-state index in [1.54, 1.807) is 7.05 Å². The standard InChI is InChI=1S/C12H23N3O2/c1-3-10(13)8-11(16)14(2)9-12(17)15-6-4-5-7-15/h10H,3-9,13H2,1-2H3. The molecule has 5 heteroatoms. The van der Waals surface area contributed by atoms with Gasteiger partial charge in [0.25, 0.3) is 0 Å². The van der Waals surface area contributed by atoms with E-state index in [1.165, 1.54) is 4.90 Å². The minimum absolute atomic E-state index is 0.0448. The highest BCUT2D eigenvalue weighted by molar-refractivity contribution is 5.85. The molecule has 0 spiro atoms. The van der Waals surface area contributed by atoms with Gasteiger partial charge in [0.2, 0.25) is 11.8 Å². The van der Waals surface area contributed by atoms with Crippen LogP contribution in [0.4, 0.5) is 0 Å². The molecule has 0 radical (unpaired) electrons. The second-order valence-corrected chi connectivity index (χ2v) is 4.71. The van der Waals surface area contributed by atoms with E-state index >= 15 is 0 Å². The summed E-state index contributed by atoms with van der Waals surface area (Å²) < 4.78 is 0. The first-order valence-electron chi connectivity index (χ1n) is 6.32. The van der Waals surface area contributed by atoms with Crippen LogP contribution in [0.25, 0.3) is 0 Å². The zero-order chi connectivity index (χ0) is 12.8. The molecule has 0 aromatic rings. The summed E-state index contributed by atoms with van der Waals surface area (Å²) >= 11 is 0. The van der Waals surface area contributed by atoms with Crippen LogP contribution in [0.1, 0.15) is 32.6 Å². The van der Waals surface area contributed by atoms with Gasteiger partial charge in [-0.15, -0.1) is 0 Å². The van der Waals surface area contributed by atoms with Crippen molar-refractivity contribution < 1.29 is 9.59 Å². The van der Waals surface area contributed by atoms with E-state index in [9.17, 15) is 9.59 Å². The Hall–Kier alpha value is -1.10. The SMILES string of the molecule is CCC(N)CC(=O)N(C)CC(=O)N1CCCC1. The van der Waals surface area contributed by atoms with Gasteiger partial charge in [-0.05, 0) is 19.3 Å². The van der Waals surface area contributed by atoms with E-state index in [1.807, 2.05) is 11.8 Å². The van der Waals surface area contributed by atoms with Crippen molar-refractivity contribution in [2.45, 2.75) is 38.6 Å². The third-order valence-corrected chi connectivity index (χ3v) is 3.22. The highest BCUT2D eigenvalue weighted by Gasteiger charge is 2.21. The highest BCUT2D eigenvalue weighted by Crippen LogP contribution is 2.08. The van der Waals surface area contributed by atoms with Crippen LogP contribution in [0.5, 0.6) is 0 Å². The Bertz CT molecular complexity index is 275. The van der Waals surface area contributed by atoms with E-state index in [0.29, 0.717) is 6.42 Å². The molecule has 0 aliphatic carbocycles. The van der Waals surface area contributed by atoms with Crippen molar-refractivity contribution in [3.63, 3.8) is 0 Å². The molecule has 1 aliphatic heterocycles. The predicted octanol–water partition coefficient (Wildman–Crippen LogP) is 0.195. The minimum Gasteiger partial charge on any atom is -0.341 e.